The van der Waals surface area contributed by atoms with Crippen LogP contribution >= 0.6 is 0 Å². The lowest BCUT2D eigenvalue weighted by Crippen LogP contribution is -2.39. The number of hydrogen-bond acceptors (Lipinski definition) is 5. The molecule has 190 valence electrons. The molecule has 1 amide bonds. The fourth-order valence-electron chi connectivity index (χ4n) is 5.68. The SMILES string of the molecule is CN(C(=O)Cc1cc(-c2c[nH]c3nccc(Oc4ccc5c(c4)CNCC5)c23)ccn1)C1CCCCC1. The average Bonchev–Trinajstić information content (AvgIpc) is 3.39. The van der Waals surface area contributed by atoms with Crippen LogP contribution in [0.5, 0.6) is 11.5 Å². The van der Waals surface area contributed by atoms with E-state index in [0.29, 0.717) is 12.5 Å². The molecule has 0 bridgehead atoms. The van der Waals surface area contributed by atoms with Crippen LogP contribution in [0.4, 0.5) is 0 Å². The number of amides is 1. The Hall–Kier alpha value is -3.71. The van der Waals surface area contributed by atoms with Crippen LogP contribution in [-0.4, -0.2) is 45.4 Å². The molecule has 0 atom stereocenters. The molecule has 1 fully saturated rings. The van der Waals surface area contributed by atoms with Crippen molar-refractivity contribution in [3.63, 3.8) is 0 Å². The highest BCUT2D eigenvalue weighted by atomic mass is 16.5. The lowest BCUT2D eigenvalue weighted by atomic mass is 9.94. The number of carbonyl (C=O) groups excluding carboxylic acids is 1. The Balaban J connectivity index is 1.27. The van der Waals surface area contributed by atoms with Gasteiger partial charge in [-0.05, 0) is 72.8 Å². The Morgan fingerprint density at radius 1 is 1.05 bits per heavy atom. The maximum Gasteiger partial charge on any atom is 0.228 e. The number of aromatic amines is 1. The number of nitrogens with zero attached hydrogens (tertiary/aromatic N) is 3. The zero-order chi connectivity index (χ0) is 25.2. The maximum absolute atomic E-state index is 13.0. The van der Waals surface area contributed by atoms with Gasteiger partial charge in [0.15, 0.2) is 0 Å². The minimum atomic E-state index is 0.128. The smallest absolute Gasteiger partial charge is 0.228 e. The molecule has 7 nitrogen and oxygen atoms in total. The molecule has 37 heavy (non-hydrogen) atoms. The Morgan fingerprint density at radius 3 is 2.81 bits per heavy atom. The lowest BCUT2D eigenvalue weighted by molar-refractivity contribution is -0.131. The number of ether oxygens (including phenoxy) is 1. The first-order valence-electron chi connectivity index (χ1n) is 13.3. The van der Waals surface area contributed by atoms with Crippen molar-refractivity contribution in [3.05, 3.63) is 71.8 Å². The van der Waals surface area contributed by atoms with Crippen molar-refractivity contribution in [1.82, 2.24) is 25.2 Å². The largest absolute Gasteiger partial charge is 0.457 e. The van der Waals surface area contributed by atoms with Crippen molar-refractivity contribution in [2.24, 2.45) is 0 Å². The predicted molar refractivity (Wildman–Crippen MR) is 145 cm³/mol. The summed E-state index contributed by atoms with van der Waals surface area (Å²) in [6, 6.07) is 12.6. The quantitative estimate of drug-likeness (QED) is 0.374. The highest BCUT2D eigenvalue weighted by molar-refractivity contribution is 5.98. The zero-order valence-electron chi connectivity index (χ0n) is 21.3. The van der Waals surface area contributed by atoms with E-state index in [9.17, 15) is 4.79 Å². The first kappa shape index (κ1) is 23.7. The number of pyridine rings is 2. The number of likely N-dealkylation sites (N-methyl/N-ethyl adjacent to an activating group) is 1. The highest BCUT2D eigenvalue weighted by Gasteiger charge is 2.23. The van der Waals surface area contributed by atoms with E-state index in [-0.39, 0.29) is 5.91 Å². The van der Waals surface area contributed by atoms with Gasteiger partial charge in [-0.3, -0.25) is 9.78 Å². The van der Waals surface area contributed by atoms with Crippen LogP contribution in [0.25, 0.3) is 22.2 Å². The topological polar surface area (TPSA) is 83.1 Å². The van der Waals surface area contributed by atoms with Gasteiger partial charge in [0.1, 0.15) is 17.1 Å². The molecule has 1 aromatic carbocycles. The molecule has 0 spiro atoms. The molecule has 1 aliphatic carbocycles. The van der Waals surface area contributed by atoms with Gasteiger partial charge in [-0.1, -0.05) is 25.3 Å². The van der Waals surface area contributed by atoms with Crippen molar-refractivity contribution in [2.45, 2.75) is 57.5 Å². The molecule has 4 heterocycles. The van der Waals surface area contributed by atoms with Crippen LogP contribution in [0.1, 0.15) is 48.9 Å². The van der Waals surface area contributed by atoms with E-state index in [4.69, 9.17) is 4.74 Å². The Kier molecular flexibility index (Phi) is 6.62. The van der Waals surface area contributed by atoms with Crippen LogP contribution < -0.4 is 10.1 Å². The second-order valence-corrected chi connectivity index (χ2v) is 10.2. The standard InChI is InChI=1S/C30H33N5O2/c1-35(24-5-3-2-4-6-24)28(36)17-23-15-21(10-13-32-23)26-19-34-30-29(26)27(11-14-33-30)37-25-8-7-20-9-12-31-18-22(20)16-25/h7-8,10-11,13-16,19,24,31H,2-6,9,12,17-18H2,1H3,(H,33,34). The van der Waals surface area contributed by atoms with E-state index in [1.54, 1.807) is 12.4 Å². The highest BCUT2D eigenvalue weighted by Crippen LogP contribution is 2.37. The Labute approximate surface area is 217 Å². The number of benzene rings is 1. The normalized spacial score (nSPS) is 15.9. The number of fused-ring (bicyclic) bond motifs is 2. The van der Waals surface area contributed by atoms with Gasteiger partial charge in [0.05, 0.1) is 17.5 Å². The van der Waals surface area contributed by atoms with Gasteiger partial charge in [-0.25, -0.2) is 4.98 Å². The zero-order valence-corrected chi connectivity index (χ0v) is 21.3. The van der Waals surface area contributed by atoms with Crippen LogP contribution in [0.3, 0.4) is 0 Å². The predicted octanol–water partition coefficient (Wildman–Crippen LogP) is 5.40. The van der Waals surface area contributed by atoms with Gasteiger partial charge in [-0.15, -0.1) is 0 Å². The van der Waals surface area contributed by atoms with E-state index in [1.165, 1.54) is 30.4 Å². The van der Waals surface area contributed by atoms with E-state index in [1.807, 2.05) is 42.4 Å². The summed E-state index contributed by atoms with van der Waals surface area (Å²) in [6.07, 6.45) is 12.7. The summed E-state index contributed by atoms with van der Waals surface area (Å²) in [6.45, 7) is 1.88. The van der Waals surface area contributed by atoms with Gasteiger partial charge in [0, 0.05) is 43.8 Å². The monoisotopic (exact) mass is 495 g/mol. The Morgan fingerprint density at radius 2 is 1.92 bits per heavy atom. The number of H-pyrrole nitrogens is 1. The fraction of sp³-hybridized carbons (Fsp3) is 0.367. The summed E-state index contributed by atoms with van der Waals surface area (Å²) < 4.78 is 6.41. The molecule has 0 radical (unpaired) electrons. The minimum Gasteiger partial charge on any atom is -0.457 e. The molecular formula is C30H33N5O2. The number of aromatic nitrogens is 3. The van der Waals surface area contributed by atoms with Crippen LogP contribution in [0, 0.1) is 0 Å². The molecule has 7 heteroatoms. The molecule has 2 aliphatic rings. The third-order valence-electron chi connectivity index (χ3n) is 7.80. The molecule has 4 aromatic rings. The number of hydrogen-bond donors (Lipinski definition) is 2. The van der Waals surface area contributed by atoms with Gasteiger partial charge in [0.25, 0.3) is 0 Å². The summed E-state index contributed by atoms with van der Waals surface area (Å²) in [5, 5.41) is 4.35. The molecule has 2 N–H and O–H groups in total. The molecule has 3 aromatic heterocycles. The summed E-state index contributed by atoms with van der Waals surface area (Å²) in [5.41, 5.74) is 6.16. The number of rotatable bonds is 6. The van der Waals surface area contributed by atoms with E-state index < -0.39 is 0 Å². The summed E-state index contributed by atoms with van der Waals surface area (Å²) >= 11 is 0. The summed E-state index contributed by atoms with van der Waals surface area (Å²) in [7, 11) is 1.94. The van der Waals surface area contributed by atoms with Gasteiger partial charge in [-0.2, -0.15) is 0 Å². The minimum absolute atomic E-state index is 0.128. The van der Waals surface area contributed by atoms with Crippen molar-refractivity contribution < 1.29 is 9.53 Å². The molecular weight excluding hydrogens is 462 g/mol. The van der Waals surface area contributed by atoms with Crippen molar-refractivity contribution in [2.75, 3.05) is 13.6 Å². The molecule has 1 saturated carbocycles. The molecule has 0 saturated heterocycles. The van der Waals surface area contributed by atoms with Gasteiger partial charge < -0.3 is 19.9 Å². The number of carbonyl (C=O) groups is 1. The van der Waals surface area contributed by atoms with E-state index in [0.717, 1.165) is 71.7 Å². The maximum atomic E-state index is 13.0. The molecule has 6 rings (SSSR count). The van der Waals surface area contributed by atoms with Gasteiger partial charge in [0.2, 0.25) is 5.91 Å². The summed E-state index contributed by atoms with van der Waals surface area (Å²) in [5.74, 6) is 1.69. The fourth-order valence-corrected chi connectivity index (χ4v) is 5.68. The first-order valence-corrected chi connectivity index (χ1v) is 13.3. The Bertz CT molecular complexity index is 1420. The second-order valence-electron chi connectivity index (χ2n) is 10.2. The molecule has 0 unspecified atom stereocenters. The van der Waals surface area contributed by atoms with Crippen LogP contribution in [0.15, 0.2) is 55.0 Å². The number of nitrogens with one attached hydrogen (secondary N) is 2. The van der Waals surface area contributed by atoms with Crippen molar-refractivity contribution in [1.29, 1.82) is 0 Å². The third kappa shape index (κ3) is 4.96. The first-order chi connectivity index (χ1) is 18.2. The van der Waals surface area contributed by atoms with Crippen molar-refractivity contribution >= 4 is 16.9 Å². The van der Waals surface area contributed by atoms with Crippen LogP contribution in [-0.2, 0) is 24.2 Å². The molecule has 1 aliphatic heterocycles. The lowest BCUT2D eigenvalue weighted by Gasteiger charge is -2.31. The van der Waals surface area contributed by atoms with Crippen LogP contribution in [0.2, 0.25) is 0 Å². The van der Waals surface area contributed by atoms with E-state index in [2.05, 4.69) is 32.4 Å². The van der Waals surface area contributed by atoms with Crippen molar-refractivity contribution in [3.8, 4) is 22.6 Å². The second kappa shape index (κ2) is 10.3. The summed E-state index contributed by atoms with van der Waals surface area (Å²) in [4.78, 5) is 27.3. The van der Waals surface area contributed by atoms with Gasteiger partial charge >= 0.3 is 0 Å². The average molecular weight is 496 g/mol. The van der Waals surface area contributed by atoms with E-state index >= 15 is 0 Å². The third-order valence-corrected chi connectivity index (χ3v) is 7.80.